The number of likely N-dealkylation sites (tertiary alicyclic amines) is 1. The van der Waals surface area contributed by atoms with Crippen LogP contribution in [0.1, 0.15) is 30.4 Å². The molecule has 0 aromatic heterocycles. The Kier molecular flexibility index (Phi) is 5.64. The van der Waals surface area contributed by atoms with Gasteiger partial charge in [-0.15, -0.1) is 0 Å². The average Bonchev–Trinajstić information content (AvgIpc) is 3.37. The Labute approximate surface area is 161 Å². The van der Waals surface area contributed by atoms with E-state index in [1.165, 1.54) is 37.1 Å². The van der Waals surface area contributed by atoms with Crippen LogP contribution in [0, 0.1) is 0 Å². The molecule has 142 valence electrons. The second kappa shape index (κ2) is 8.49. The lowest BCUT2D eigenvalue weighted by Gasteiger charge is -2.17. The quantitative estimate of drug-likeness (QED) is 0.678. The summed E-state index contributed by atoms with van der Waals surface area (Å²) in [5.74, 6) is 1.58. The fourth-order valence-corrected chi connectivity index (χ4v) is 3.90. The van der Waals surface area contributed by atoms with Gasteiger partial charge in [0.25, 0.3) is 0 Å². The van der Waals surface area contributed by atoms with Crippen molar-refractivity contribution >= 4 is 17.5 Å². The largest absolute Gasteiger partial charge is 0.493 e. The van der Waals surface area contributed by atoms with E-state index in [1.807, 2.05) is 18.2 Å². The van der Waals surface area contributed by atoms with Crippen LogP contribution in [0.3, 0.4) is 0 Å². The monoisotopic (exact) mass is 364 g/mol. The second-order valence-electron chi connectivity index (χ2n) is 7.23. The Hall–Kier alpha value is -2.46. The molecule has 0 bridgehead atoms. The van der Waals surface area contributed by atoms with E-state index in [0.717, 1.165) is 42.3 Å². The molecule has 0 saturated carbocycles. The lowest BCUT2D eigenvalue weighted by molar-refractivity contribution is 0.254. The Morgan fingerprint density at radius 3 is 2.81 bits per heavy atom. The van der Waals surface area contributed by atoms with E-state index in [0.29, 0.717) is 6.61 Å². The first-order valence-corrected chi connectivity index (χ1v) is 9.92. The molecule has 2 aromatic carbocycles. The highest BCUT2D eigenvalue weighted by Gasteiger charge is 2.13. The maximum atomic E-state index is 6.05. The number of hydrogen-bond acceptors (Lipinski definition) is 4. The van der Waals surface area contributed by atoms with Crippen molar-refractivity contribution in [2.75, 3.05) is 38.7 Å². The van der Waals surface area contributed by atoms with E-state index < -0.39 is 0 Å². The predicted molar refractivity (Wildman–Crippen MR) is 111 cm³/mol. The van der Waals surface area contributed by atoms with Crippen molar-refractivity contribution in [2.24, 2.45) is 0 Å². The minimum atomic E-state index is 0.708. The first-order valence-electron chi connectivity index (χ1n) is 9.92. The molecule has 4 nitrogen and oxygen atoms in total. The highest BCUT2D eigenvalue weighted by atomic mass is 16.5. The highest BCUT2D eigenvalue weighted by Crippen LogP contribution is 2.34. The summed E-state index contributed by atoms with van der Waals surface area (Å²) < 4.78 is 11.5. The van der Waals surface area contributed by atoms with Crippen molar-refractivity contribution in [1.82, 2.24) is 4.90 Å². The maximum Gasteiger partial charge on any atom is 0.163 e. The van der Waals surface area contributed by atoms with Crippen molar-refractivity contribution in [3.63, 3.8) is 0 Å². The fourth-order valence-electron chi connectivity index (χ4n) is 3.90. The fraction of sp³-hybridized carbons (Fsp3) is 0.391. The molecule has 0 atom stereocenters. The van der Waals surface area contributed by atoms with E-state index in [1.54, 1.807) is 7.11 Å². The lowest BCUT2D eigenvalue weighted by Crippen LogP contribution is -2.21. The van der Waals surface area contributed by atoms with Gasteiger partial charge in [0, 0.05) is 29.5 Å². The molecule has 4 rings (SSSR count). The maximum absolute atomic E-state index is 6.05. The van der Waals surface area contributed by atoms with Crippen LogP contribution in [-0.2, 0) is 6.42 Å². The molecule has 0 unspecified atom stereocenters. The number of rotatable bonds is 8. The standard InChI is InChI=1S/C23H28N2O2/c1-26-22-12-11-19(24-21-10-5-8-18-7-4-9-20(18)21)17-23(22)27-16-6-15-25-13-2-3-14-25/h4-5,8-12,17,24H,2-3,6-7,13-16H2,1H3. The van der Waals surface area contributed by atoms with E-state index in [-0.39, 0.29) is 0 Å². The second-order valence-corrected chi connectivity index (χ2v) is 7.23. The molecule has 1 heterocycles. The lowest BCUT2D eigenvalue weighted by atomic mass is 10.1. The average molecular weight is 364 g/mol. The number of allylic oxidation sites excluding steroid dienone is 1. The van der Waals surface area contributed by atoms with Gasteiger partial charge in [-0.1, -0.05) is 24.3 Å². The summed E-state index contributed by atoms with van der Waals surface area (Å²) in [6.07, 6.45) is 9.12. The normalized spacial score (nSPS) is 15.7. The van der Waals surface area contributed by atoms with Crippen LogP contribution in [0.4, 0.5) is 11.4 Å². The van der Waals surface area contributed by atoms with Crippen molar-refractivity contribution < 1.29 is 9.47 Å². The summed E-state index contributed by atoms with van der Waals surface area (Å²) in [7, 11) is 1.69. The predicted octanol–water partition coefficient (Wildman–Crippen LogP) is 4.87. The van der Waals surface area contributed by atoms with Gasteiger partial charge in [0.15, 0.2) is 11.5 Å². The first kappa shape index (κ1) is 17.9. The zero-order chi connectivity index (χ0) is 18.5. The summed E-state index contributed by atoms with van der Waals surface area (Å²) >= 11 is 0. The van der Waals surface area contributed by atoms with Gasteiger partial charge in [0.05, 0.1) is 13.7 Å². The topological polar surface area (TPSA) is 33.7 Å². The molecule has 1 aliphatic carbocycles. The molecule has 0 radical (unpaired) electrons. The van der Waals surface area contributed by atoms with E-state index in [4.69, 9.17) is 9.47 Å². The van der Waals surface area contributed by atoms with Crippen LogP contribution in [0.5, 0.6) is 11.5 Å². The zero-order valence-corrected chi connectivity index (χ0v) is 16.0. The third-order valence-corrected chi connectivity index (χ3v) is 5.34. The first-order chi connectivity index (χ1) is 13.3. The van der Waals surface area contributed by atoms with Gasteiger partial charge in [-0.2, -0.15) is 0 Å². The molecular weight excluding hydrogens is 336 g/mol. The summed E-state index contributed by atoms with van der Waals surface area (Å²) in [6, 6.07) is 12.4. The van der Waals surface area contributed by atoms with Crippen molar-refractivity contribution in [1.29, 1.82) is 0 Å². The van der Waals surface area contributed by atoms with E-state index in [9.17, 15) is 0 Å². The number of fused-ring (bicyclic) bond motifs is 1. The third-order valence-electron chi connectivity index (χ3n) is 5.34. The van der Waals surface area contributed by atoms with Crippen molar-refractivity contribution in [3.8, 4) is 11.5 Å². The highest BCUT2D eigenvalue weighted by molar-refractivity contribution is 5.77. The van der Waals surface area contributed by atoms with Crippen LogP contribution >= 0.6 is 0 Å². The summed E-state index contributed by atoms with van der Waals surface area (Å²) in [6.45, 7) is 4.29. The summed E-state index contributed by atoms with van der Waals surface area (Å²) in [5.41, 5.74) is 4.79. The molecule has 1 fully saturated rings. The SMILES string of the molecule is COc1ccc(Nc2cccc3c2C=CC3)cc1OCCCN1CCCC1. The van der Waals surface area contributed by atoms with Crippen LogP contribution in [0.15, 0.2) is 42.5 Å². The van der Waals surface area contributed by atoms with Gasteiger partial charge < -0.3 is 19.7 Å². The number of hydrogen-bond donors (Lipinski definition) is 1. The summed E-state index contributed by atoms with van der Waals surface area (Å²) in [4.78, 5) is 2.52. The molecule has 1 saturated heterocycles. The molecular formula is C23H28N2O2. The van der Waals surface area contributed by atoms with Crippen LogP contribution in [0.2, 0.25) is 0 Å². The molecule has 2 aliphatic rings. The number of methoxy groups -OCH3 is 1. The minimum absolute atomic E-state index is 0.708. The van der Waals surface area contributed by atoms with Gasteiger partial charge in [0.2, 0.25) is 0 Å². The van der Waals surface area contributed by atoms with Crippen LogP contribution in [0.25, 0.3) is 6.08 Å². The number of ether oxygens (including phenoxy) is 2. The van der Waals surface area contributed by atoms with Gasteiger partial charge in [0.1, 0.15) is 0 Å². The molecule has 1 N–H and O–H groups in total. The summed E-state index contributed by atoms with van der Waals surface area (Å²) in [5, 5.41) is 3.54. The Morgan fingerprint density at radius 1 is 1.07 bits per heavy atom. The van der Waals surface area contributed by atoms with Gasteiger partial charge >= 0.3 is 0 Å². The minimum Gasteiger partial charge on any atom is -0.493 e. The Balaban J connectivity index is 1.41. The Bertz CT molecular complexity index is 810. The van der Waals surface area contributed by atoms with Gasteiger partial charge in [-0.05, 0) is 62.5 Å². The molecule has 1 aliphatic heterocycles. The molecule has 2 aromatic rings. The van der Waals surface area contributed by atoms with E-state index in [2.05, 4.69) is 40.6 Å². The third kappa shape index (κ3) is 4.28. The molecule has 0 spiro atoms. The number of nitrogens with zero attached hydrogens (tertiary/aromatic N) is 1. The molecule has 27 heavy (non-hydrogen) atoms. The van der Waals surface area contributed by atoms with Crippen molar-refractivity contribution in [3.05, 3.63) is 53.6 Å². The number of anilines is 2. The van der Waals surface area contributed by atoms with Crippen LogP contribution < -0.4 is 14.8 Å². The zero-order valence-electron chi connectivity index (χ0n) is 16.0. The van der Waals surface area contributed by atoms with Crippen LogP contribution in [-0.4, -0.2) is 38.3 Å². The van der Waals surface area contributed by atoms with E-state index >= 15 is 0 Å². The van der Waals surface area contributed by atoms with Gasteiger partial charge in [-0.25, -0.2) is 0 Å². The number of nitrogens with one attached hydrogen (secondary N) is 1. The van der Waals surface area contributed by atoms with Gasteiger partial charge in [-0.3, -0.25) is 0 Å². The Morgan fingerprint density at radius 2 is 1.96 bits per heavy atom. The molecule has 0 amide bonds. The molecule has 4 heteroatoms. The van der Waals surface area contributed by atoms with Crippen molar-refractivity contribution in [2.45, 2.75) is 25.7 Å². The smallest absolute Gasteiger partial charge is 0.163 e. The number of benzene rings is 2.